The molecule has 0 bridgehead atoms. The number of methoxy groups -OCH3 is 1. The summed E-state index contributed by atoms with van der Waals surface area (Å²) in [6.07, 6.45) is 6.49. The normalized spacial score (nSPS) is 10.9. The van der Waals surface area contributed by atoms with Gasteiger partial charge >= 0.3 is 0 Å². The highest BCUT2D eigenvalue weighted by Gasteiger charge is 2.07. The predicted molar refractivity (Wildman–Crippen MR) is 134 cm³/mol. The third-order valence-corrected chi connectivity index (χ3v) is 5.27. The van der Waals surface area contributed by atoms with Gasteiger partial charge in [0.05, 0.1) is 25.5 Å². The van der Waals surface area contributed by atoms with E-state index in [1.54, 1.807) is 42.4 Å². The third-order valence-electron chi connectivity index (χ3n) is 5.27. The maximum absolute atomic E-state index is 13.1. The first kappa shape index (κ1) is 23.8. The van der Waals surface area contributed by atoms with E-state index in [0.29, 0.717) is 24.6 Å². The van der Waals surface area contributed by atoms with Crippen molar-refractivity contribution in [2.75, 3.05) is 12.4 Å². The van der Waals surface area contributed by atoms with Crippen LogP contribution in [0.4, 0.5) is 10.1 Å². The minimum Gasteiger partial charge on any atom is -0.496 e. The topological polar surface area (TPSA) is 65.4 Å². The number of nitrogens with one attached hydrogen (secondary N) is 1. The average molecular weight is 472 g/mol. The quantitative estimate of drug-likeness (QED) is 0.322. The Morgan fingerprint density at radius 2 is 1.94 bits per heavy atom. The lowest BCUT2D eigenvalue weighted by molar-refractivity contribution is -0.111. The summed E-state index contributed by atoms with van der Waals surface area (Å²) in [5.74, 6) is 0.941. The molecule has 0 radical (unpaired) electrons. The van der Waals surface area contributed by atoms with Crippen molar-refractivity contribution in [1.82, 2.24) is 9.78 Å². The van der Waals surface area contributed by atoms with E-state index in [1.165, 1.54) is 18.2 Å². The van der Waals surface area contributed by atoms with Gasteiger partial charge in [0.15, 0.2) is 0 Å². The molecule has 7 heteroatoms. The van der Waals surface area contributed by atoms with Gasteiger partial charge in [-0.3, -0.25) is 9.48 Å². The highest BCUT2D eigenvalue weighted by Crippen LogP contribution is 2.23. The number of aromatic nitrogens is 2. The molecule has 4 rings (SSSR count). The van der Waals surface area contributed by atoms with E-state index in [9.17, 15) is 9.18 Å². The molecular weight excluding hydrogens is 445 g/mol. The Morgan fingerprint density at radius 3 is 2.71 bits per heavy atom. The minimum absolute atomic E-state index is 0.278. The number of halogens is 1. The SMILES string of the molecule is COc1ccc(/C=C/C(=O)Nc2cnn(Cc3ccc(F)cc3)c2)cc1COc1cccc(C)c1. The van der Waals surface area contributed by atoms with E-state index in [1.807, 2.05) is 49.4 Å². The van der Waals surface area contributed by atoms with Crippen LogP contribution in [0.25, 0.3) is 6.08 Å². The zero-order valence-electron chi connectivity index (χ0n) is 19.6. The molecule has 0 spiro atoms. The standard InChI is InChI=1S/C28H26FN3O3/c1-20-4-3-5-26(14-20)35-19-23-15-21(8-12-27(23)34-2)9-13-28(33)31-25-16-30-32(18-25)17-22-6-10-24(29)11-7-22/h3-16,18H,17,19H2,1-2H3,(H,31,33)/b13-9+. The molecule has 0 atom stereocenters. The average Bonchev–Trinajstić information content (AvgIpc) is 3.29. The van der Waals surface area contributed by atoms with E-state index in [4.69, 9.17) is 9.47 Å². The van der Waals surface area contributed by atoms with Crippen molar-refractivity contribution in [3.05, 3.63) is 113 Å². The van der Waals surface area contributed by atoms with Crippen LogP contribution in [0.5, 0.6) is 11.5 Å². The molecule has 0 unspecified atom stereocenters. The summed E-state index contributed by atoms with van der Waals surface area (Å²) < 4.78 is 26.1. The number of ether oxygens (including phenoxy) is 2. The second-order valence-electron chi connectivity index (χ2n) is 8.05. The second-order valence-corrected chi connectivity index (χ2v) is 8.05. The molecule has 0 saturated heterocycles. The molecule has 0 aliphatic heterocycles. The maximum atomic E-state index is 13.1. The molecular formula is C28H26FN3O3. The minimum atomic E-state index is -0.281. The maximum Gasteiger partial charge on any atom is 0.248 e. The second kappa shape index (κ2) is 11.2. The first-order chi connectivity index (χ1) is 17.0. The summed E-state index contributed by atoms with van der Waals surface area (Å²) in [6, 6.07) is 19.7. The molecule has 1 aromatic heterocycles. The highest BCUT2D eigenvalue weighted by atomic mass is 19.1. The van der Waals surface area contributed by atoms with Crippen molar-refractivity contribution in [3.8, 4) is 11.5 Å². The first-order valence-corrected chi connectivity index (χ1v) is 11.1. The Hall–Kier alpha value is -4.39. The smallest absolute Gasteiger partial charge is 0.248 e. The first-order valence-electron chi connectivity index (χ1n) is 11.1. The number of anilines is 1. The van der Waals surface area contributed by atoms with Gasteiger partial charge in [-0.1, -0.05) is 30.3 Å². The monoisotopic (exact) mass is 471 g/mol. The van der Waals surface area contributed by atoms with Crippen LogP contribution in [0.2, 0.25) is 0 Å². The van der Waals surface area contributed by atoms with Crippen LogP contribution in [-0.2, 0) is 17.9 Å². The van der Waals surface area contributed by atoms with Gasteiger partial charge in [-0.15, -0.1) is 0 Å². The number of amides is 1. The van der Waals surface area contributed by atoms with Gasteiger partial charge in [-0.2, -0.15) is 5.10 Å². The van der Waals surface area contributed by atoms with Gasteiger partial charge in [-0.05, 0) is 66.1 Å². The largest absolute Gasteiger partial charge is 0.496 e. The van der Waals surface area contributed by atoms with E-state index in [2.05, 4.69) is 10.4 Å². The van der Waals surface area contributed by atoms with Crippen molar-refractivity contribution in [3.63, 3.8) is 0 Å². The fraction of sp³-hybridized carbons (Fsp3) is 0.143. The molecule has 0 aliphatic carbocycles. The van der Waals surface area contributed by atoms with E-state index < -0.39 is 0 Å². The van der Waals surface area contributed by atoms with Crippen LogP contribution in [0.1, 0.15) is 22.3 Å². The fourth-order valence-electron chi connectivity index (χ4n) is 3.53. The van der Waals surface area contributed by atoms with Gasteiger partial charge in [0.2, 0.25) is 5.91 Å². The van der Waals surface area contributed by atoms with Crippen LogP contribution >= 0.6 is 0 Å². The molecule has 1 heterocycles. The number of carbonyl (C=O) groups excluding carboxylic acids is 1. The van der Waals surface area contributed by atoms with Crippen molar-refractivity contribution >= 4 is 17.7 Å². The van der Waals surface area contributed by atoms with E-state index in [-0.39, 0.29) is 11.7 Å². The number of hydrogen-bond acceptors (Lipinski definition) is 4. The zero-order chi connectivity index (χ0) is 24.6. The Balaban J connectivity index is 1.36. The molecule has 0 saturated carbocycles. The number of carbonyl (C=O) groups is 1. The number of nitrogens with zero attached hydrogens (tertiary/aromatic N) is 2. The number of rotatable bonds is 9. The molecule has 3 aromatic carbocycles. The van der Waals surface area contributed by atoms with Crippen molar-refractivity contribution in [1.29, 1.82) is 0 Å². The summed E-state index contributed by atoms with van der Waals surface area (Å²) in [5.41, 5.74) is 4.32. The molecule has 1 amide bonds. The van der Waals surface area contributed by atoms with Gasteiger partial charge < -0.3 is 14.8 Å². The predicted octanol–water partition coefficient (Wildman–Crippen LogP) is 5.62. The van der Waals surface area contributed by atoms with Gasteiger partial charge in [0, 0.05) is 17.8 Å². The molecule has 35 heavy (non-hydrogen) atoms. The summed E-state index contributed by atoms with van der Waals surface area (Å²) in [5, 5.41) is 7.04. The fourth-order valence-corrected chi connectivity index (χ4v) is 3.53. The highest BCUT2D eigenvalue weighted by molar-refractivity contribution is 6.01. The van der Waals surface area contributed by atoms with Crippen LogP contribution < -0.4 is 14.8 Å². The van der Waals surface area contributed by atoms with Gasteiger partial charge in [-0.25, -0.2) is 4.39 Å². The Labute approximate surface area is 203 Å². The molecule has 0 aliphatic rings. The van der Waals surface area contributed by atoms with Crippen LogP contribution in [0.15, 0.2) is 85.2 Å². The van der Waals surface area contributed by atoms with Crippen molar-refractivity contribution in [2.45, 2.75) is 20.1 Å². The Bertz CT molecular complexity index is 1330. The van der Waals surface area contributed by atoms with Gasteiger partial charge in [0.1, 0.15) is 23.9 Å². The van der Waals surface area contributed by atoms with E-state index >= 15 is 0 Å². The van der Waals surface area contributed by atoms with Crippen molar-refractivity contribution in [2.24, 2.45) is 0 Å². The lowest BCUT2D eigenvalue weighted by atomic mass is 10.1. The third kappa shape index (κ3) is 6.80. The zero-order valence-corrected chi connectivity index (χ0v) is 19.6. The lowest BCUT2D eigenvalue weighted by Crippen LogP contribution is -2.07. The Morgan fingerprint density at radius 1 is 1.11 bits per heavy atom. The van der Waals surface area contributed by atoms with E-state index in [0.717, 1.165) is 28.0 Å². The summed E-state index contributed by atoms with van der Waals surface area (Å²) in [4.78, 5) is 12.4. The van der Waals surface area contributed by atoms with Crippen molar-refractivity contribution < 1.29 is 18.7 Å². The molecule has 4 aromatic rings. The summed E-state index contributed by atoms with van der Waals surface area (Å²) in [7, 11) is 1.62. The number of benzene rings is 3. The Kier molecular flexibility index (Phi) is 7.57. The number of aryl methyl sites for hydroxylation is 1. The molecule has 1 N–H and O–H groups in total. The lowest BCUT2D eigenvalue weighted by Gasteiger charge is -2.11. The molecule has 0 fully saturated rings. The summed E-state index contributed by atoms with van der Waals surface area (Å²) in [6.45, 7) is 2.83. The van der Waals surface area contributed by atoms with Crippen LogP contribution in [0.3, 0.4) is 0 Å². The molecule has 6 nitrogen and oxygen atoms in total. The van der Waals surface area contributed by atoms with Crippen LogP contribution in [-0.4, -0.2) is 22.8 Å². The molecule has 178 valence electrons. The summed E-state index contributed by atoms with van der Waals surface area (Å²) >= 11 is 0. The number of hydrogen-bond donors (Lipinski definition) is 1. The van der Waals surface area contributed by atoms with Crippen LogP contribution in [0, 0.1) is 12.7 Å². The van der Waals surface area contributed by atoms with Gasteiger partial charge in [0.25, 0.3) is 0 Å².